The smallest absolute Gasteiger partial charge is 0.254 e. The van der Waals surface area contributed by atoms with Crippen molar-refractivity contribution >= 4 is 11.8 Å². The predicted molar refractivity (Wildman–Crippen MR) is 128 cm³/mol. The number of likely N-dealkylation sites (tertiary alicyclic amines) is 1. The van der Waals surface area contributed by atoms with Crippen molar-refractivity contribution in [3.8, 4) is 0 Å². The standard InChI is InChI=1S/C26H40N4O4/c1-16(25(33)30-11-5-6-19(30)14-34-4)20-7-9-26(3)10-8-21(17(2)22(26)23(20)31)29-24(32)18-12-27-15-28-13-18/h12-13,15-17,19-23,31H,5-11,14H2,1-4H3,(H,29,32)/t16-,17+,19+,20?,21-,22+,23-,26-/m0/s1. The summed E-state index contributed by atoms with van der Waals surface area (Å²) in [4.78, 5) is 36.1. The van der Waals surface area contributed by atoms with E-state index in [0.29, 0.717) is 12.2 Å². The Kier molecular flexibility index (Phi) is 7.57. The summed E-state index contributed by atoms with van der Waals surface area (Å²) in [5.74, 6) is -0.218. The van der Waals surface area contributed by atoms with E-state index in [9.17, 15) is 14.7 Å². The SMILES string of the molecule is COC[C@H]1CCCN1C(=O)[C@@H](C)C1CC[C@@]2(C)CC[C@H](NC(=O)c3cncnc3)[C@@H](C)[C@@H]2[C@H]1O. The van der Waals surface area contributed by atoms with Gasteiger partial charge in [-0.25, -0.2) is 9.97 Å². The minimum absolute atomic E-state index is 0.0153. The van der Waals surface area contributed by atoms with Crippen LogP contribution in [0.5, 0.6) is 0 Å². The molecule has 2 aliphatic carbocycles. The molecule has 2 amide bonds. The lowest BCUT2D eigenvalue weighted by Gasteiger charge is -2.56. The van der Waals surface area contributed by atoms with E-state index >= 15 is 0 Å². The van der Waals surface area contributed by atoms with Crippen LogP contribution in [0.3, 0.4) is 0 Å². The molecule has 8 heteroatoms. The summed E-state index contributed by atoms with van der Waals surface area (Å²) in [5.41, 5.74) is 0.460. The number of amides is 2. The molecule has 8 nitrogen and oxygen atoms in total. The van der Waals surface area contributed by atoms with E-state index in [-0.39, 0.29) is 53.0 Å². The van der Waals surface area contributed by atoms with E-state index in [1.165, 1.54) is 18.7 Å². The zero-order valence-electron chi connectivity index (χ0n) is 20.9. The Labute approximate surface area is 202 Å². The van der Waals surface area contributed by atoms with Crippen molar-refractivity contribution in [3.63, 3.8) is 0 Å². The van der Waals surface area contributed by atoms with Crippen LogP contribution in [-0.4, -0.2) is 70.2 Å². The van der Waals surface area contributed by atoms with Crippen molar-refractivity contribution < 1.29 is 19.4 Å². The van der Waals surface area contributed by atoms with Gasteiger partial charge in [-0.3, -0.25) is 9.59 Å². The summed E-state index contributed by atoms with van der Waals surface area (Å²) < 4.78 is 5.34. The Bertz CT molecular complexity index is 868. The highest BCUT2D eigenvalue weighted by Crippen LogP contribution is 2.55. The number of rotatable bonds is 6. The summed E-state index contributed by atoms with van der Waals surface area (Å²) in [6, 6.07) is 0.107. The van der Waals surface area contributed by atoms with Gasteiger partial charge in [0.15, 0.2) is 0 Å². The number of aromatic nitrogens is 2. The van der Waals surface area contributed by atoms with Crippen LogP contribution in [0, 0.1) is 29.1 Å². The number of carbonyl (C=O) groups excluding carboxylic acids is 2. The fourth-order valence-corrected chi connectivity index (χ4v) is 7.10. The third kappa shape index (κ3) is 4.71. The Morgan fingerprint density at radius 2 is 1.97 bits per heavy atom. The molecule has 8 atom stereocenters. The number of fused-ring (bicyclic) bond motifs is 1. The van der Waals surface area contributed by atoms with Crippen LogP contribution in [0.15, 0.2) is 18.7 Å². The van der Waals surface area contributed by atoms with E-state index in [4.69, 9.17) is 4.74 Å². The van der Waals surface area contributed by atoms with Crippen molar-refractivity contribution in [2.45, 2.75) is 77.5 Å². The van der Waals surface area contributed by atoms with Crippen LogP contribution in [0.2, 0.25) is 0 Å². The third-order valence-corrected chi connectivity index (χ3v) is 9.08. The van der Waals surface area contributed by atoms with Crippen LogP contribution < -0.4 is 5.32 Å². The molecule has 0 aromatic carbocycles. The van der Waals surface area contributed by atoms with E-state index in [1.807, 2.05) is 11.8 Å². The van der Waals surface area contributed by atoms with Gasteiger partial charge in [0.2, 0.25) is 5.91 Å². The minimum Gasteiger partial charge on any atom is -0.392 e. The molecule has 34 heavy (non-hydrogen) atoms. The Hall–Kier alpha value is -2.06. The lowest BCUT2D eigenvalue weighted by atomic mass is 9.51. The van der Waals surface area contributed by atoms with Crippen molar-refractivity contribution in [2.24, 2.45) is 29.1 Å². The fraction of sp³-hybridized carbons (Fsp3) is 0.769. The largest absolute Gasteiger partial charge is 0.392 e. The van der Waals surface area contributed by atoms with Gasteiger partial charge in [0.05, 0.1) is 24.3 Å². The van der Waals surface area contributed by atoms with Gasteiger partial charge in [-0.15, -0.1) is 0 Å². The highest BCUT2D eigenvalue weighted by Gasteiger charge is 2.54. The highest BCUT2D eigenvalue weighted by molar-refractivity contribution is 5.93. The van der Waals surface area contributed by atoms with Gasteiger partial charge >= 0.3 is 0 Å². The average molecular weight is 473 g/mol. The quantitative estimate of drug-likeness (QED) is 0.660. The van der Waals surface area contributed by atoms with Gasteiger partial charge in [-0.05, 0) is 61.7 Å². The molecule has 1 saturated heterocycles. The zero-order chi connectivity index (χ0) is 24.5. The molecule has 3 aliphatic rings. The molecule has 2 saturated carbocycles. The number of methoxy groups -OCH3 is 1. The molecule has 0 bridgehead atoms. The van der Waals surface area contributed by atoms with E-state index < -0.39 is 6.10 Å². The molecule has 3 fully saturated rings. The van der Waals surface area contributed by atoms with Gasteiger partial charge < -0.3 is 20.1 Å². The van der Waals surface area contributed by atoms with Crippen LogP contribution in [0.1, 0.15) is 69.7 Å². The van der Waals surface area contributed by atoms with Gasteiger partial charge in [-0.2, -0.15) is 0 Å². The lowest BCUT2D eigenvalue weighted by Crippen LogP contribution is -2.58. The zero-order valence-corrected chi connectivity index (χ0v) is 20.9. The molecule has 0 radical (unpaired) electrons. The molecule has 1 unspecified atom stereocenters. The van der Waals surface area contributed by atoms with Crippen LogP contribution >= 0.6 is 0 Å². The first-order valence-electron chi connectivity index (χ1n) is 12.8. The third-order valence-electron chi connectivity index (χ3n) is 9.08. The fourth-order valence-electron chi connectivity index (χ4n) is 7.10. The molecule has 4 rings (SSSR count). The van der Waals surface area contributed by atoms with Crippen LogP contribution in [-0.2, 0) is 9.53 Å². The number of carbonyl (C=O) groups is 2. The molecule has 1 aromatic heterocycles. The number of nitrogens with zero attached hydrogens (tertiary/aromatic N) is 3. The summed E-state index contributed by atoms with van der Waals surface area (Å²) in [7, 11) is 1.68. The number of aliphatic hydroxyl groups excluding tert-OH is 1. The molecule has 2 heterocycles. The van der Waals surface area contributed by atoms with Crippen molar-refractivity contribution in [2.75, 3.05) is 20.3 Å². The number of nitrogens with one attached hydrogen (secondary N) is 1. The first-order chi connectivity index (χ1) is 16.3. The summed E-state index contributed by atoms with van der Waals surface area (Å²) in [6.45, 7) is 7.75. The maximum Gasteiger partial charge on any atom is 0.254 e. The van der Waals surface area contributed by atoms with Gasteiger partial charge in [0.1, 0.15) is 6.33 Å². The molecule has 1 aliphatic heterocycles. The predicted octanol–water partition coefficient (Wildman–Crippen LogP) is 2.67. The Morgan fingerprint density at radius 1 is 1.26 bits per heavy atom. The van der Waals surface area contributed by atoms with Crippen LogP contribution in [0.4, 0.5) is 0 Å². The second kappa shape index (κ2) is 10.3. The molecule has 188 valence electrons. The minimum atomic E-state index is -0.573. The maximum absolute atomic E-state index is 13.5. The van der Waals surface area contributed by atoms with E-state index in [1.54, 1.807) is 7.11 Å². The number of aliphatic hydroxyl groups is 1. The van der Waals surface area contributed by atoms with Crippen molar-refractivity contribution in [1.29, 1.82) is 0 Å². The van der Waals surface area contributed by atoms with Crippen LogP contribution in [0.25, 0.3) is 0 Å². The Balaban J connectivity index is 1.47. The van der Waals surface area contributed by atoms with E-state index in [2.05, 4.69) is 29.1 Å². The van der Waals surface area contributed by atoms with Gasteiger partial charge in [0.25, 0.3) is 5.91 Å². The van der Waals surface area contributed by atoms with E-state index in [0.717, 1.165) is 45.1 Å². The van der Waals surface area contributed by atoms with Gasteiger partial charge in [0, 0.05) is 38.0 Å². The summed E-state index contributed by atoms with van der Waals surface area (Å²) >= 11 is 0. The van der Waals surface area contributed by atoms with Gasteiger partial charge in [-0.1, -0.05) is 20.8 Å². The second-order valence-corrected chi connectivity index (χ2v) is 11.0. The maximum atomic E-state index is 13.5. The molecule has 2 N–H and O–H groups in total. The second-order valence-electron chi connectivity index (χ2n) is 11.0. The summed E-state index contributed by atoms with van der Waals surface area (Å²) in [6.07, 6.45) is 9.55. The number of hydrogen-bond donors (Lipinski definition) is 2. The molecule has 0 spiro atoms. The van der Waals surface area contributed by atoms with Crippen molar-refractivity contribution in [1.82, 2.24) is 20.2 Å². The normalized spacial score (nSPS) is 36.6. The first-order valence-corrected chi connectivity index (χ1v) is 12.8. The topological polar surface area (TPSA) is 105 Å². The molecular formula is C26H40N4O4. The number of hydrogen-bond acceptors (Lipinski definition) is 6. The Morgan fingerprint density at radius 3 is 2.68 bits per heavy atom. The average Bonchev–Trinajstić information content (AvgIpc) is 3.29. The van der Waals surface area contributed by atoms with Crippen molar-refractivity contribution in [3.05, 3.63) is 24.3 Å². The first kappa shape index (κ1) is 25.0. The number of ether oxygens (including phenoxy) is 1. The highest BCUT2D eigenvalue weighted by atomic mass is 16.5. The lowest BCUT2D eigenvalue weighted by molar-refractivity contribution is -0.151. The molecule has 1 aromatic rings. The monoisotopic (exact) mass is 472 g/mol. The molecular weight excluding hydrogens is 432 g/mol. The summed E-state index contributed by atoms with van der Waals surface area (Å²) in [5, 5.41) is 14.8.